The molecule has 0 saturated carbocycles. The fraction of sp³-hybridized carbons (Fsp3) is 0.308. The molecule has 0 bridgehead atoms. The summed E-state index contributed by atoms with van der Waals surface area (Å²) < 4.78 is 62.5. The van der Waals surface area contributed by atoms with Gasteiger partial charge in [-0.15, -0.1) is 12.4 Å². The summed E-state index contributed by atoms with van der Waals surface area (Å²) >= 11 is 0. The van der Waals surface area contributed by atoms with Gasteiger partial charge in [-0.1, -0.05) is 6.07 Å². The maximum atomic E-state index is 14.6. The second-order valence-electron chi connectivity index (χ2n) is 9.21. The van der Waals surface area contributed by atoms with E-state index < -0.39 is 17.7 Å². The number of nitrogens with zero attached hydrogens (tertiary/aromatic N) is 6. The fourth-order valence-electron chi connectivity index (χ4n) is 4.68. The first kappa shape index (κ1) is 29.0. The molecule has 0 unspecified atom stereocenters. The molecule has 1 atom stereocenters. The molecule has 0 spiro atoms. The second kappa shape index (κ2) is 11.6. The number of halogens is 5. The van der Waals surface area contributed by atoms with Crippen LogP contribution in [-0.2, 0) is 13.2 Å². The number of hydrogen-bond acceptors (Lipinski definition) is 8. The Kier molecular flexibility index (Phi) is 8.45. The van der Waals surface area contributed by atoms with E-state index in [1.807, 2.05) is 4.90 Å². The lowest BCUT2D eigenvalue weighted by Crippen LogP contribution is -2.43. The van der Waals surface area contributed by atoms with Crippen molar-refractivity contribution >= 4 is 29.7 Å². The smallest absolute Gasteiger partial charge is 0.435 e. The van der Waals surface area contributed by atoms with Crippen LogP contribution in [0.3, 0.4) is 0 Å². The topological polar surface area (TPSA) is 107 Å². The molecule has 1 aliphatic heterocycles. The van der Waals surface area contributed by atoms with Crippen molar-refractivity contribution in [3.05, 3.63) is 60.4 Å². The highest BCUT2D eigenvalue weighted by atomic mass is 35.5. The van der Waals surface area contributed by atoms with E-state index in [2.05, 4.69) is 25.4 Å². The van der Waals surface area contributed by atoms with Crippen LogP contribution in [0.25, 0.3) is 22.5 Å². The summed E-state index contributed by atoms with van der Waals surface area (Å²) in [6.07, 6.45) is 1.15. The predicted molar refractivity (Wildman–Crippen MR) is 145 cm³/mol. The van der Waals surface area contributed by atoms with Crippen molar-refractivity contribution in [1.29, 1.82) is 0 Å². The number of anilines is 3. The molecule has 4 aromatic rings. The van der Waals surface area contributed by atoms with E-state index in [0.717, 1.165) is 17.5 Å². The Morgan fingerprint density at radius 1 is 1.12 bits per heavy atom. The minimum atomic E-state index is -4.64. The van der Waals surface area contributed by atoms with Gasteiger partial charge in [-0.25, -0.2) is 19.3 Å². The number of hydrogen-bond donors (Lipinski definition) is 2. The minimum absolute atomic E-state index is 0. The zero-order valence-corrected chi connectivity index (χ0v) is 22.4. The fourth-order valence-corrected chi connectivity index (χ4v) is 4.68. The van der Waals surface area contributed by atoms with Gasteiger partial charge < -0.3 is 20.7 Å². The monoisotopic (exact) mass is 578 g/mol. The number of alkyl halides is 3. The summed E-state index contributed by atoms with van der Waals surface area (Å²) in [4.78, 5) is 14.9. The number of nitrogens with one attached hydrogen (secondary N) is 1. The molecule has 4 heterocycles. The molecule has 0 aliphatic carbocycles. The van der Waals surface area contributed by atoms with Gasteiger partial charge in [0.25, 0.3) is 0 Å². The van der Waals surface area contributed by atoms with Crippen molar-refractivity contribution in [3.8, 4) is 28.3 Å². The molecular weight excluding hydrogens is 552 g/mol. The van der Waals surface area contributed by atoms with E-state index >= 15 is 0 Å². The van der Waals surface area contributed by atoms with Gasteiger partial charge in [0, 0.05) is 62.0 Å². The van der Waals surface area contributed by atoms with Gasteiger partial charge in [0.1, 0.15) is 23.2 Å². The molecule has 3 aromatic heterocycles. The maximum absolute atomic E-state index is 14.6. The van der Waals surface area contributed by atoms with Gasteiger partial charge in [0.05, 0.1) is 18.4 Å². The highest BCUT2D eigenvalue weighted by Gasteiger charge is 2.38. The van der Waals surface area contributed by atoms with Crippen molar-refractivity contribution in [2.24, 2.45) is 12.8 Å². The first-order chi connectivity index (χ1) is 18.6. The summed E-state index contributed by atoms with van der Waals surface area (Å²) in [5.41, 5.74) is 6.05. The average Bonchev–Trinajstić information content (AvgIpc) is 3.31. The molecule has 212 valence electrons. The highest BCUT2D eigenvalue weighted by Crippen LogP contribution is 2.41. The lowest BCUT2D eigenvalue weighted by Gasteiger charge is -2.34. The number of piperidine rings is 1. The molecule has 0 radical (unpaired) electrons. The number of ether oxygens (including phenoxy) is 1. The first-order valence-corrected chi connectivity index (χ1v) is 12.2. The van der Waals surface area contributed by atoms with Gasteiger partial charge in [0.15, 0.2) is 11.5 Å². The van der Waals surface area contributed by atoms with Crippen LogP contribution in [0.2, 0.25) is 0 Å². The number of methoxy groups -OCH3 is 1. The van der Waals surface area contributed by atoms with Crippen molar-refractivity contribution < 1.29 is 22.3 Å². The van der Waals surface area contributed by atoms with E-state index in [4.69, 9.17) is 10.5 Å². The Morgan fingerprint density at radius 2 is 1.93 bits per heavy atom. The summed E-state index contributed by atoms with van der Waals surface area (Å²) in [6, 6.07) is 7.52. The van der Waals surface area contributed by atoms with Crippen molar-refractivity contribution in [2.75, 3.05) is 30.4 Å². The quantitative estimate of drug-likeness (QED) is 0.301. The van der Waals surface area contributed by atoms with Gasteiger partial charge in [-0.05, 0) is 31.0 Å². The van der Waals surface area contributed by atoms with Gasteiger partial charge in [-0.3, -0.25) is 4.68 Å². The van der Waals surface area contributed by atoms with Crippen LogP contribution < -0.4 is 20.7 Å². The van der Waals surface area contributed by atoms with Crippen LogP contribution in [0, 0.1) is 5.82 Å². The lowest BCUT2D eigenvalue weighted by atomic mass is 10.0. The molecule has 14 heteroatoms. The van der Waals surface area contributed by atoms with Crippen molar-refractivity contribution in [2.45, 2.75) is 25.1 Å². The maximum Gasteiger partial charge on any atom is 0.435 e. The zero-order chi connectivity index (χ0) is 27.7. The Balaban J connectivity index is 0.00000370. The number of aromatic nitrogens is 5. The largest absolute Gasteiger partial charge is 0.496 e. The van der Waals surface area contributed by atoms with Crippen LogP contribution in [-0.4, -0.2) is 51.0 Å². The molecule has 0 amide bonds. The minimum Gasteiger partial charge on any atom is -0.496 e. The third-order valence-corrected chi connectivity index (χ3v) is 6.40. The number of rotatable bonds is 6. The van der Waals surface area contributed by atoms with Gasteiger partial charge in [0.2, 0.25) is 0 Å². The average molecular weight is 579 g/mol. The zero-order valence-electron chi connectivity index (χ0n) is 21.6. The van der Waals surface area contributed by atoms with E-state index in [9.17, 15) is 17.6 Å². The molecule has 1 aliphatic rings. The number of nitrogens with two attached hydrogens (primary N) is 1. The summed E-state index contributed by atoms with van der Waals surface area (Å²) in [6.45, 7) is 1.10. The third kappa shape index (κ3) is 5.94. The Hall–Kier alpha value is -3.97. The second-order valence-corrected chi connectivity index (χ2v) is 9.21. The van der Waals surface area contributed by atoms with Crippen LogP contribution in [0.1, 0.15) is 18.5 Å². The first-order valence-electron chi connectivity index (χ1n) is 12.2. The molecule has 5 rings (SSSR count). The van der Waals surface area contributed by atoms with Crippen LogP contribution in [0.5, 0.6) is 5.75 Å². The van der Waals surface area contributed by atoms with Crippen LogP contribution in [0.4, 0.5) is 34.9 Å². The number of benzene rings is 1. The van der Waals surface area contributed by atoms with Crippen LogP contribution >= 0.6 is 12.4 Å². The number of aryl methyl sites for hydroxylation is 1. The summed E-state index contributed by atoms with van der Waals surface area (Å²) in [7, 11) is 2.86. The summed E-state index contributed by atoms with van der Waals surface area (Å²) in [5, 5.41) is 6.72. The van der Waals surface area contributed by atoms with E-state index in [0.29, 0.717) is 30.4 Å². The molecule has 1 fully saturated rings. The van der Waals surface area contributed by atoms with E-state index in [1.54, 1.807) is 18.2 Å². The lowest BCUT2D eigenvalue weighted by molar-refractivity contribution is -0.140. The molecule has 3 N–H and O–H groups in total. The molecule has 1 saturated heterocycles. The predicted octanol–water partition coefficient (Wildman–Crippen LogP) is 5.20. The SMILES string of the molecule is COc1cccc(F)c1-c1nccc(Nc2cc(N3CCC[C@H](N)C3)c(-c3cn(C)nc3C(F)(F)F)cn2)n1.Cl. The molecule has 1 aromatic carbocycles. The standard InChI is InChI=1S/C26H26F4N8O.ClH/c1-37-14-17(24(36-37)26(28,29)30)16-12-33-22(11-19(16)38-10-4-5-15(31)13-38)34-21-8-9-32-25(35-21)23-18(27)6-3-7-20(23)39-2;/h3,6-9,11-12,14-15H,4-5,10,13,31H2,1-2H3,(H,32,33,34,35);1H/t15-;/m0./s1. The van der Waals surface area contributed by atoms with E-state index in [-0.39, 0.29) is 46.7 Å². The molecular formula is C26H27ClF4N8O. The summed E-state index contributed by atoms with van der Waals surface area (Å²) in [5.74, 6) is 0.462. The Morgan fingerprint density at radius 3 is 2.65 bits per heavy atom. The Labute approximate surface area is 233 Å². The van der Waals surface area contributed by atoms with Crippen molar-refractivity contribution in [3.63, 3.8) is 0 Å². The molecule has 40 heavy (non-hydrogen) atoms. The number of pyridine rings is 1. The van der Waals surface area contributed by atoms with Crippen LogP contribution in [0.15, 0.2) is 48.9 Å². The normalized spacial score (nSPS) is 15.5. The highest BCUT2D eigenvalue weighted by molar-refractivity contribution is 5.85. The van der Waals surface area contributed by atoms with Gasteiger partial charge >= 0.3 is 6.18 Å². The van der Waals surface area contributed by atoms with Crippen molar-refractivity contribution in [1.82, 2.24) is 24.7 Å². The third-order valence-electron chi connectivity index (χ3n) is 6.40. The van der Waals surface area contributed by atoms with Gasteiger partial charge in [-0.2, -0.15) is 18.3 Å². The van der Waals surface area contributed by atoms with E-state index in [1.165, 1.54) is 44.9 Å². The Bertz CT molecular complexity index is 1500. The molecule has 9 nitrogen and oxygen atoms in total.